The van der Waals surface area contributed by atoms with Crippen molar-refractivity contribution in [2.75, 3.05) is 47.1 Å². The van der Waals surface area contributed by atoms with E-state index in [0.717, 1.165) is 25.8 Å². The number of rotatable bonds is 12. The summed E-state index contributed by atoms with van der Waals surface area (Å²) in [7, 11) is 3.39. The molecule has 0 aliphatic heterocycles. The lowest BCUT2D eigenvalue weighted by Gasteiger charge is -2.34. The van der Waals surface area contributed by atoms with Gasteiger partial charge in [-0.3, -0.25) is 4.99 Å². The van der Waals surface area contributed by atoms with Crippen molar-refractivity contribution < 1.29 is 19.0 Å². The molecule has 0 spiro atoms. The zero-order chi connectivity index (χ0) is 20.8. The highest BCUT2D eigenvalue weighted by Crippen LogP contribution is 2.16. The van der Waals surface area contributed by atoms with Crippen LogP contribution in [0, 0.1) is 0 Å². The molecule has 3 N–H and O–H groups in total. The van der Waals surface area contributed by atoms with Crippen molar-refractivity contribution in [3.8, 4) is 0 Å². The minimum Gasteiger partial charge on any atom is -0.444 e. The Bertz CT molecular complexity index is 432. The van der Waals surface area contributed by atoms with Crippen LogP contribution in [0.3, 0.4) is 0 Å². The number of hydrogen-bond donors (Lipinski definition) is 3. The average Bonchev–Trinajstić information content (AvgIpc) is 2.60. The molecule has 0 bridgehead atoms. The largest absolute Gasteiger partial charge is 0.444 e. The van der Waals surface area contributed by atoms with Crippen molar-refractivity contribution >= 4 is 12.1 Å². The van der Waals surface area contributed by atoms with Crippen molar-refractivity contribution in [3.05, 3.63) is 0 Å². The number of guanidine groups is 1. The van der Waals surface area contributed by atoms with Crippen molar-refractivity contribution in [2.24, 2.45) is 4.99 Å². The van der Waals surface area contributed by atoms with E-state index in [9.17, 15) is 4.79 Å². The Morgan fingerprint density at radius 3 is 2.22 bits per heavy atom. The number of alkyl carbamates (subject to hydrolysis) is 1. The standard InChI is InChI=1S/C19H40N4O4/c1-8-19(9-2,23-17(24)27-18(3,4)5)15-22-16(20-6)21-11-10-12-26-14-13-25-7/h8-15H2,1-7H3,(H,23,24)(H2,20,21,22). The molecule has 0 heterocycles. The topological polar surface area (TPSA) is 93.2 Å². The third kappa shape index (κ3) is 12.5. The number of methoxy groups -OCH3 is 1. The van der Waals surface area contributed by atoms with E-state index in [1.165, 1.54) is 0 Å². The molecule has 1 amide bonds. The molecule has 0 rings (SSSR count). The summed E-state index contributed by atoms with van der Waals surface area (Å²) in [5, 5.41) is 9.58. The fourth-order valence-electron chi connectivity index (χ4n) is 2.34. The maximum absolute atomic E-state index is 12.2. The van der Waals surface area contributed by atoms with Crippen molar-refractivity contribution in [2.45, 2.75) is 65.0 Å². The number of nitrogens with zero attached hydrogens (tertiary/aromatic N) is 1. The first kappa shape index (κ1) is 25.5. The minimum absolute atomic E-state index is 0.399. The van der Waals surface area contributed by atoms with E-state index in [0.29, 0.717) is 32.3 Å². The lowest BCUT2D eigenvalue weighted by Crippen LogP contribution is -2.57. The van der Waals surface area contributed by atoms with Gasteiger partial charge in [-0.25, -0.2) is 4.79 Å². The first-order chi connectivity index (χ1) is 12.7. The van der Waals surface area contributed by atoms with E-state index < -0.39 is 17.2 Å². The van der Waals surface area contributed by atoms with Gasteiger partial charge in [-0.05, 0) is 40.0 Å². The van der Waals surface area contributed by atoms with Crippen LogP contribution in [0.4, 0.5) is 4.79 Å². The quantitative estimate of drug-likeness (QED) is 0.270. The molecule has 0 unspecified atom stereocenters. The summed E-state index contributed by atoms with van der Waals surface area (Å²) in [5.74, 6) is 0.698. The number of nitrogens with one attached hydrogen (secondary N) is 3. The van der Waals surface area contributed by atoms with E-state index in [1.54, 1.807) is 14.2 Å². The maximum Gasteiger partial charge on any atom is 0.408 e. The van der Waals surface area contributed by atoms with Crippen LogP contribution in [-0.4, -0.2) is 70.3 Å². The fourth-order valence-corrected chi connectivity index (χ4v) is 2.34. The SMILES string of the molecule is CCC(CC)(CNC(=NC)NCCCOCCOC)NC(=O)OC(C)(C)C. The van der Waals surface area contributed by atoms with Crippen molar-refractivity contribution in [1.29, 1.82) is 0 Å². The zero-order valence-corrected chi connectivity index (χ0v) is 18.2. The van der Waals surface area contributed by atoms with Gasteiger partial charge in [-0.1, -0.05) is 13.8 Å². The monoisotopic (exact) mass is 388 g/mol. The molecule has 160 valence electrons. The van der Waals surface area contributed by atoms with Crippen LogP contribution in [0.1, 0.15) is 53.9 Å². The second-order valence-corrected chi connectivity index (χ2v) is 7.43. The molecule has 27 heavy (non-hydrogen) atoms. The highest BCUT2D eigenvalue weighted by molar-refractivity contribution is 5.79. The Balaban J connectivity index is 4.41. The molecule has 0 aromatic carbocycles. The van der Waals surface area contributed by atoms with Gasteiger partial charge < -0.3 is 30.2 Å². The van der Waals surface area contributed by atoms with Gasteiger partial charge in [-0.15, -0.1) is 0 Å². The molecule has 8 nitrogen and oxygen atoms in total. The summed E-state index contributed by atoms with van der Waals surface area (Å²) in [6.07, 6.45) is 2.03. The van der Waals surface area contributed by atoms with Gasteiger partial charge in [0, 0.05) is 33.9 Å². The molecule has 0 aromatic rings. The smallest absolute Gasteiger partial charge is 0.408 e. The van der Waals surface area contributed by atoms with Gasteiger partial charge in [0.05, 0.1) is 18.8 Å². The number of ether oxygens (including phenoxy) is 3. The molecule has 8 heteroatoms. The number of aliphatic imine (C=N–C) groups is 1. The van der Waals surface area contributed by atoms with Crippen molar-refractivity contribution in [3.63, 3.8) is 0 Å². The third-order valence-electron chi connectivity index (χ3n) is 4.13. The summed E-state index contributed by atoms with van der Waals surface area (Å²) >= 11 is 0. The normalized spacial score (nSPS) is 12.6. The first-order valence-electron chi connectivity index (χ1n) is 9.74. The predicted octanol–water partition coefficient (Wildman–Crippen LogP) is 2.29. The average molecular weight is 389 g/mol. The molecule has 0 aliphatic carbocycles. The number of carbonyl (C=O) groups excluding carboxylic acids is 1. The van der Waals surface area contributed by atoms with Gasteiger partial charge in [-0.2, -0.15) is 0 Å². The van der Waals surface area contributed by atoms with E-state index in [-0.39, 0.29) is 0 Å². The van der Waals surface area contributed by atoms with E-state index in [2.05, 4.69) is 34.8 Å². The Hall–Kier alpha value is -1.54. The van der Waals surface area contributed by atoms with Crippen LogP contribution >= 0.6 is 0 Å². The fraction of sp³-hybridized carbons (Fsp3) is 0.895. The molecule has 0 aromatic heterocycles. The summed E-state index contributed by atoms with van der Waals surface area (Å²) in [4.78, 5) is 16.4. The Labute approximate surface area is 164 Å². The maximum atomic E-state index is 12.2. The lowest BCUT2D eigenvalue weighted by atomic mass is 9.93. The molecule has 0 aliphatic rings. The van der Waals surface area contributed by atoms with Gasteiger partial charge in [0.25, 0.3) is 0 Å². The van der Waals surface area contributed by atoms with Crippen LogP contribution < -0.4 is 16.0 Å². The van der Waals surface area contributed by atoms with Crippen molar-refractivity contribution in [1.82, 2.24) is 16.0 Å². The van der Waals surface area contributed by atoms with Gasteiger partial charge >= 0.3 is 6.09 Å². The van der Waals surface area contributed by atoms with Crippen LogP contribution in [0.5, 0.6) is 0 Å². The molecule has 0 radical (unpaired) electrons. The van der Waals surface area contributed by atoms with Gasteiger partial charge in [0.2, 0.25) is 0 Å². The van der Waals surface area contributed by atoms with Crippen LogP contribution in [0.15, 0.2) is 4.99 Å². The van der Waals surface area contributed by atoms with E-state index in [4.69, 9.17) is 14.2 Å². The van der Waals surface area contributed by atoms with Crippen LogP contribution in [0.2, 0.25) is 0 Å². The third-order valence-corrected chi connectivity index (χ3v) is 4.13. The van der Waals surface area contributed by atoms with Crippen LogP contribution in [0.25, 0.3) is 0 Å². The Kier molecular flexibility index (Phi) is 12.8. The summed E-state index contributed by atoms with van der Waals surface area (Å²) in [6, 6.07) is 0. The summed E-state index contributed by atoms with van der Waals surface area (Å²) < 4.78 is 15.8. The summed E-state index contributed by atoms with van der Waals surface area (Å²) in [5.41, 5.74) is -0.920. The predicted molar refractivity (Wildman–Crippen MR) is 109 cm³/mol. The highest BCUT2D eigenvalue weighted by Gasteiger charge is 2.30. The lowest BCUT2D eigenvalue weighted by molar-refractivity contribution is 0.0448. The Morgan fingerprint density at radius 1 is 1.04 bits per heavy atom. The zero-order valence-electron chi connectivity index (χ0n) is 18.2. The molecular formula is C19H40N4O4. The van der Waals surface area contributed by atoms with Gasteiger partial charge in [0.15, 0.2) is 5.96 Å². The second-order valence-electron chi connectivity index (χ2n) is 7.43. The first-order valence-corrected chi connectivity index (χ1v) is 9.74. The summed E-state index contributed by atoms with van der Waals surface area (Å²) in [6.45, 7) is 12.9. The second kappa shape index (κ2) is 13.6. The number of amides is 1. The minimum atomic E-state index is -0.520. The highest BCUT2D eigenvalue weighted by atomic mass is 16.6. The van der Waals surface area contributed by atoms with Crippen LogP contribution in [-0.2, 0) is 14.2 Å². The molecule has 0 atom stereocenters. The number of carbonyl (C=O) groups is 1. The Morgan fingerprint density at radius 2 is 1.70 bits per heavy atom. The molecular weight excluding hydrogens is 348 g/mol. The number of hydrogen-bond acceptors (Lipinski definition) is 5. The molecule has 0 fully saturated rings. The molecule has 0 saturated carbocycles. The van der Waals surface area contributed by atoms with E-state index in [1.807, 2.05) is 20.8 Å². The van der Waals surface area contributed by atoms with Gasteiger partial charge in [0.1, 0.15) is 5.60 Å². The van der Waals surface area contributed by atoms with E-state index >= 15 is 0 Å². The molecule has 0 saturated heterocycles.